The zero-order chi connectivity index (χ0) is 28.9. The standard InChI is InChI=1S/C30H26FN3O5S2/c1-3-38-22-15-12-20(16-23(22)39-4-2)25-24(26(35)19-8-6-5-7-9-19)27(36)28(37)34(25)29-32-33-30(41-29)40-17-18-10-13-21(31)14-11-18/h5-16,25,35H,3-4,17H2,1-2H3. The Labute approximate surface area is 244 Å². The Bertz CT molecular complexity index is 1590. The molecule has 1 unspecified atom stereocenters. The number of Topliss-reactive ketones (excluding diaryl/α,β-unsaturated/α-hetero) is 1. The summed E-state index contributed by atoms with van der Waals surface area (Å²) >= 11 is 2.53. The van der Waals surface area contributed by atoms with E-state index in [2.05, 4.69) is 10.2 Å². The maximum absolute atomic E-state index is 13.5. The first-order valence-electron chi connectivity index (χ1n) is 12.9. The summed E-state index contributed by atoms with van der Waals surface area (Å²) in [4.78, 5) is 28.2. The maximum Gasteiger partial charge on any atom is 0.301 e. The Morgan fingerprint density at radius 1 is 0.976 bits per heavy atom. The van der Waals surface area contributed by atoms with Crippen molar-refractivity contribution in [3.63, 3.8) is 0 Å². The number of carbonyl (C=O) groups excluding carboxylic acids is 2. The van der Waals surface area contributed by atoms with Crippen molar-refractivity contribution >= 4 is 45.7 Å². The third-order valence-electron chi connectivity index (χ3n) is 6.25. The van der Waals surface area contributed by atoms with Crippen molar-refractivity contribution in [2.75, 3.05) is 18.1 Å². The maximum atomic E-state index is 13.5. The van der Waals surface area contributed by atoms with Crippen LogP contribution in [-0.4, -0.2) is 40.2 Å². The van der Waals surface area contributed by atoms with E-state index in [0.717, 1.165) is 16.9 Å². The molecule has 1 amide bonds. The summed E-state index contributed by atoms with van der Waals surface area (Å²) in [6.45, 7) is 4.50. The molecule has 5 rings (SSSR count). The first kappa shape index (κ1) is 28.3. The topological polar surface area (TPSA) is 102 Å². The predicted octanol–water partition coefficient (Wildman–Crippen LogP) is 6.39. The molecule has 1 aliphatic rings. The van der Waals surface area contributed by atoms with E-state index in [1.807, 2.05) is 13.8 Å². The molecule has 210 valence electrons. The normalized spacial score (nSPS) is 16.3. The number of hydrogen-bond donors (Lipinski definition) is 1. The number of nitrogens with zero attached hydrogens (tertiary/aromatic N) is 3. The quantitative estimate of drug-likeness (QED) is 0.0744. The lowest BCUT2D eigenvalue weighted by atomic mass is 9.95. The highest BCUT2D eigenvalue weighted by Crippen LogP contribution is 2.45. The lowest BCUT2D eigenvalue weighted by Crippen LogP contribution is -2.29. The highest BCUT2D eigenvalue weighted by atomic mass is 32.2. The fourth-order valence-corrected chi connectivity index (χ4v) is 6.24. The summed E-state index contributed by atoms with van der Waals surface area (Å²) in [5.41, 5.74) is 1.77. The lowest BCUT2D eigenvalue weighted by molar-refractivity contribution is -0.132. The van der Waals surface area contributed by atoms with Crippen LogP contribution in [0.15, 0.2) is 82.7 Å². The van der Waals surface area contributed by atoms with Gasteiger partial charge in [-0.15, -0.1) is 10.2 Å². The molecule has 41 heavy (non-hydrogen) atoms. The second-order valence-corrected chi connectivity index (χ2v) is 11.1. The van der Waals surface area contributed by atoms with Crippen molar-refractivity contribution in [3.05, 3.63) is 101 Å². The monoisotopic (exact) mass is 591 g/mol. The largest absolute Gasteiger partial charge is 0.507 e. The van der Waals surface area contributed by atoms with Gasteiger partial charge >= 0.3 is 5.91 Å². The average Bonchev–Trinajstić information content (AvgIpc) is 3.56. The van der Waals surface area contributed by atoms with Crippen LogP contribution in [0.5, 0.6) is 11.5 Å². The minimum Gasteiger partial charge on any atom is -0.507 e. The summed E-state index contributed by atoms with van der Waals surface area (Å²) in [7, 11) is 0. The van der Waals surface area contributed by atoms with E-state index >= 15 is 0 Å². The van der Waals surface area contributed by atoms with Gasteiger partial charge in [-0.05, 0) is 49.2 Å². The van der Waals surface area contributed by atoms with Crippen LogP contribution in [0.3, 0.4) is 0 Å². The molecule has 4 aromatic rings. The van der Waals surface area contributed by atoms with Crippen LogP contribution in [0.4, 0.5) is 9.52 Å². The number of carbonyl (C=O) groups is 2. The van der Waals surface area contributed by atoms with Gasteiger partial charge in [0.1, 0.15) is 11.6 Å². The number of benzene rings is 3. The fourth-order valence-electron chi connectivity index (χ4n) is 4.42. The molecule has 1 fully saturated rings. The van der Waals surface area contributed by atoms with E-state index in [0.29, 0.717) is 45.9 Å². The SMILES string of the molecule is CCOc1ccc(C2C(=C(O)c3ccccc3)C(=O)C(=O)N2c2nnc(SCc3ccc(F)cc3)s2)cc1OCC. The third kappa shape index (κ3) is 5.96. The first-order chi connectivity index (χ1) is 19.9. The second-order valence-electron chi connectivity index (χ2n) is 8.87. The van der Waals surface area contributed by atoms with Crippen LogP contribution in [-0.2, 0) is 15.3 Å². The van der Waals surface area contributed by atoms with Crippen molar-refractivity contribution in [1.29, 1.82) is 0 Å². The Hall–Kier alpha value is -4.22. The number of hydrogen-bond acceptors (Lipinski definition) is 9. The van der Waals surface area contributed by atoms with Gasteiger partial charge in [0.15, 0.2) is 15.8 Å². The molecule has 1 atom stereocenters. The average molecular weight is 592 g/mol. The third-order valence-corrected chi connectivity index (χ3v) is 8.38. The van der Waals surface area contributed by atoms with Crippen LogP contribution in [0.2, 0.25) is 0 Å². The smallest absolute Gasteiger partial charge is 0.301 e. The van der Waals surface area contributed by atoms with Gasteiger partial charge in [-0.2, -0.15) is 0 Å². The van der Waals surface area contributed by atoms with Gasteiger partial charge < -0.3 is 14.6 Å². The van der Waals surface area contributed by atoms with Crippen molar-refractivity contribution in [1.82, 2.24) is 10.2 Å². The van der Waals surface area contributed by atoms with Crippen LogP contribution in [0.25, 0.3) is 5.76 Å². The highest BCUT2D eigenvalue weighted by Gasteiger charge is 2.48. The lowest BCUT2D eigenvalue weighted by Gasteiger charge is -2.23. The Kier molecular flexibility index (Phi) is 8.65. The minimum absolute atomic E-state index is 0.0662. The van der Waals surface area contributed by atoms with Crippen LogP contribution < -0.4 is 14.4 Å². The molecule has 2 heterocycles. The van der Waals surface area contributed by atoms with Crippen molar-refractivity contribution in [3.8, 4) is 11.5 Å². The number of ether oxygens (including phenoxy) is 2. The molecule has 0 aliphatic carbocycles. The fraction of sp³-hybridized carbons (Fsp3) is 0.200. The van der Waals surface area contributed by atoms with Crippen LogP contribution in [0.1, 0.15) is 36.6 Å². The molecular formula is C30H26FN3O5S2. The molecule has 0 spiro atoms. The van der Waals surface area contributed by atoms with Crippen molar-refractivity contribution in [2.45, 2.75) is 30.0 Å². The molecule has 1 N–H and O–H groups in total. The van der Waals surface area contributed by atoms with Gasteiger partial charge in [-0.25, -0.2) is 4.39 Å². The predicted molar refractivity (Wildman–Crippen MR) is 156 cm³/mol. The van der Waals surface area contributed by atoms with E-state index in [9.17, 15) is 19.1 Å². The minimum atomic E-state index is -0.993. The van der Waals surface area contributed by atoms with Gasteiger partial charge in [0, 0.05) is 11.3 Å². The molecule has 1 saturated heterocycles. The Morgan fingerprint density at radius 3 is 2.39 bits per heavy atom. The summed E-state index contributed by atoms with van der Waals surface area (Å²) in [6.07, 6.45) is 0. The number of thioether (sulfide) groups is 1. The van der Waals surface area contributed by atoms with E-state index in [4.69, 9.17) is 9.47 Å². The van der Waals surface area contributed by atoms with Gasteiger partial charge in [0.25, 0.3) is 5.78 Å². The van der Waals surface area contributed by atoms with Crippen molar-refractivity contribution < 1.29 is 28.6 Å². The number of aliphatic hydroxyl groups excluding tert-OH is 1. The molecule has 0 bridgehead atoms. The van der Waals surface area contributed by atoms with Gasteiger partial charge in [-0.3, -0.25) is 14.5 Å². The Morgan fingerprint density at radius 2 is 1.68 bits per heavy atom. The second kappa shape index (κ2) is 12.5. The molecule has 11 heteroatoms. The van der Waals surface area contributed by atoms with Gasteiger partial charge in [0.2, 0.25) is 5.13 Å². The molecule has 0 saturated carbocycles. The van der Waals surface area contributed by atoms with Gasteiger partial charge in [0.05, 0.1) is 24.8 Å². The summed E-state index contributed by atoms with van der Waals surface area (Å²) < 4.78 is 25.3. The number of rotatable bonds is 10. The highest BCUT2D eigenvalue weighted by molar-refractivity contribution is 8.00. The molecule has 1 aromatic heterocycles. The van der Waals surface area contributed by atoms with Crippen LogP contribution >= 0.6 is 23.1 Å². The molecule has 8 nitrogen and oxygen atoms in total. The zero-order valence-corrected chi connectivity index (χ0v) is 23.9. The number of aromatic nitrogens is 2. The molecular weight excluding hydrogens is 565 g/mol. The van der Waals surface area contributed by atoms with Crippen molar-refractivity contribution in [2.24, 2.45) is 0 Å². The first-order valence-corrected chi connectivity index (χ1v) is 14.7. The van der Waals surface area contributed by atoms with Gasteiger partial charge in [-0.1, -0.05) is 71.6 Å². The molecule has 1 aliphatic heterocycles. The van der Waals surface area contributed by atoms with E-state index in [1.54, 1.807) is 60.7 Å². The van der Waals surface area contributed by atoms with E-state index in [-0.39, 0.29) is 22.3 Å². The zero-order valence-electron chi connectivity index (χ0n) is 22.2. The number of halogens is 1. The Balaban J connectivity index is 1.57. The number of anilines is 1. The molecule has 3 aromatic carbocycles. The van der Waals surface area contributed by atoms with E-state index < -0.39 is 17.7 Å². The van der Waals surface area contributed by atoms with E-state index in [1.165, 1.54) is 28.8 Å². The molecule has 0 radical (unpaired) electrons. The van der Waals surface area contributed by atoms with Crippen LogP contribution in [0, 0.1) is 5.82 Å². The number of amides is 1. The number of ketones is 1. The summed E-state index contributed by atoms with van der Waals surface area (Å²) in [6, 6.07) is 18.9. The number of aliphatic hydroxyl groups is 1. The summed E-state index contributed by atoms with van der Waals surface area (Å²) in [5, 5.41) is 20.0. The summed E-state index contributed by atoms with van der Waals surface area (Å²) in [5.74, 6) is -0.784.